The van der Waals surface area contributed by atoms with Crippen LogP contribution in [0.4, 0.5) is 4.70 Å². The molecule has 0 rings (SSSR count). The van der Waals surface area contributed by atoms with Gasteiger partial charge in [-0.15, -0.1) is 0 Å². The fourth-order valence-electron chi connectivity index (χ4n) is 0.729. The van der Waals surface area contributed by atoms with E-state index in [1.807, 2.05) is 0 Å². The van der Waals surface area contributed by atoms with E-state index >= 15 is 0 Å². The van der Waals surface area contributed by atoms with Gasteiger partial charge in [0.1, 0.15) is 0 Å². The Hall–Kier alpha value is 0.729. The van der Waals surface area contributed by atoms with Crippen molar-refractivity contribution in [2.75, 3.05) is 0 Å². The molecule has 0 saturated heterocycles. The predicted molar refractivity (Wildman–Crippen MR) is 47.7 cm³/mol. The Kier molecular flexibility index (Phi) is 16.5. The summed E-state index contributed by atoms with van der Waals surface area (Å²) in [5.74, 6) is 0. The van der Waals surface area contributed by atoms with Crippen LogP contribution in [0, 0.1) is 0 Å². The Balaban J connectivity index is 0. The fraction of sp³-hybridized carbons (Fsp3) is 1.00. The molecular weight excluding hydrogens is 234 g/mol. The third kappa shape index (κ3) is 11.5. The molecule has 0 saturated carbocycles. The Morgan fingerprint density at radius 3 is 1.60 bits per heavy atom. The van der Waals surface area contributed by atoms with Crippen LogP contribution in [0.15, 0.2) is 0 Å². The van der Waals surface area contributed by atoms with Gasteiger partial charge in [-0.25, -0.2) is 0 Å². The Bertz CT molecular complexity index is 42.5. The van der Waals surface area contributed by atoms with Crippen LogP contribution >= 0.6 is 0 Å². The summed E-state index contributed by atoms with van der Waals surface area (Å²) in [4.78, 5) is 0. The zero-order valence-electron chi connectivity index (χ0n) is 7.15. The third-order valence-electron chi connectivity index (χ3n) is 1.41. The summed E-state index contributed by atoms with van der Waals surface area (Å²) >= 11 is 0.149. The molecule has 0 bridgehead atoms. The van der Waals surface area contributed by atoms with Crippen LogP contribution in [0.25, 0.3) is 0 Å². The van der Waals surface area contributed by atoms with Crippen LogP contribution in [-0.2, 0) is 0 Å². The van der Waals surface area contributed by atoms with Crippen molar-refractivity contribution < 1.29 is 4.70 Å². The molecule has 0 fully saturated rings. The van der Waals surface area contributed by atoms with Crippen molar-refractivity contribution in [3.63, 3.8) is 0 Å². The van der Waals surface area contributed by atoms with Gasteiger partial charge in [0.2, 0.25) is 0 Å². The number of rotatable bonds is 6. The minimum Gasteiger partial charge on any atom is -0.269 e. The average Bonchev–Trinajstić information content (AvgIpc) is 1.89. The molecule has 2 heteroatoms. The number of hydrogen-bond donors (Lipinski definition) is 0. The molecule has 2 radical (unpaired) electrons. The van der Waals surface area contributed by atoms with Crippen molar-refractivity contribution in [2.24, 2.45) is 0 Å². The number of hydrogen-bond acceptors (Lipinski definition) is 0. The van der Waals surface area contributed by atoms with E-state index in [1.54, 1.807) is 8.87 Å². The van der Waals surface area contributed by atoms with Crippen LogP contribution < -0.4 is 0 Å². The first-order valence-electron chi connectivity index (χ1n) is 4.12. The largest absolute Gasteiger partial charge is 0.269 e. The standard InChI is InChI=1S/2C4H9.FH.Sn/c2*1-3-4-2;;/h2*1,3-4H2,2H3;1H;. The SMILES string of the molecule is CCC[CH2][Sn][CH2]CCC.F. The minimum atomic E-state index is 0. The van der Waals surface area contributed by atoms with Crippen molar-refractivity contribution in [2.45, 2.75) is 48.4 Å². The average molecular weight is 253 g/mol. The van der Waals surface area contributed by atoms with E-state index in [2.05, 4.69) is 13.8 Å². The zero-order valence-corrected chi connectivity index (χ0v) is 10.0. The molecule has 0 heterocycles. The summed E-state index contributed by atoms with van der Waals surface area (Å²) in [5, 5.41) is 0. The normalized spacial score (nSPS) is 9.00. The summed E-state index contributed by atoms with van der Waals surface area (Å²) < 4.78 is 3.25. The molecule has 0 aromatic carbocycles. The second-order valence-corrected chi connectivity index (χ2v) is 6.74. The van der Waals surface area contributed by atoms with Crippen LogP contribution in [0.2, 0.25) is 8.87 Å². The van der Waals surface area contributed by atoms with E-state index in [-0.39, 0.29) is 25.8 Å². The van der Waals surface area contributed by atoms with Crippen molar-refractivity contribution in [3.8, 4) is 0 Å². The van der Waals surface area contributed by atoms with Gasteiger partial charge < -0.3 is 0 Å². The van der Waals surface area contributed by atoms with Gasteiger partial charge in [0.15, 0.2) is 0 Å². The van der Waals surface area contributed by atoms with Crippen molar-refractivity contribution in [1.82, 2.24) is 0 Å². The molecule has 0 aliphatic heterocycles. The van der Waals surface area contributed by atoms with E-state index in [1.165, 1.54) is 25.7 Å². The molecule has 0 atom stereocenters. The molecule has 0 N–H and O–H groups in total. The minimum absolute atomic E-state index is 0. The van der Waals surface area contributed by atoms with Crippen LogP contribution in [0.5, 0.6) is 0 Å². The molecule has 62 valence electrons. The smallest absolute Gasteiger partial charge is 0.269 e. The zero-order chi connectivity index (χ0) is 6.95. The molecular formula is C8H19FSn. The van der Waals surface area contributed by atoms with Gasteiger partial charge in [-0.3, -0.25) is 4.70 Å². The monoisotopic (exact) mass is 254 g/mol. The Morgan fingerprint density at radius 2 is 1.30 bits per heavy atom. The summed E-state index contributed by atoms with van der Waals surface area (Å²) in [7, 11) is 0. The summed E-state index contributed by atoms with van der Waals surface area (Å²) in [6, 6.07) is 0. The predicted octanol–water partition coefficient (Wildman–Crippen LogP) is 3.28. The maximum Gasteiger partial charge on any atom is -0.269 e. The Morgan fingerprint density at radius 1 is 0.900 bits per heavy atom. The van der Waals surface area contributed by atoms with Crippen LogP contribution in [-0.4, -0.2) is 21.1 Å². The van der Waals surface area contributed by atoms with Gasteiger partial charge in [-0.1, -0.05) is 0 Å². The summed E-state index contributed by atoms with van der Waals surface area (Å²) in [6.45, 7) is 4.58. The fourth-order valence-corrected chi connectivity index (χ4v) is 4.89. The van der Waals surface area contributed by atoms with Crippen molar-refractivity contribution >= 4 is 21.1 Å². The van der Waals surface area contributed by atoms with Gasteiger partial charge in [-0.2, -0.15) is 0 Å². The number of halogens is 1. The molecule has 10 heavy (non-hydrogen) atoms. The van der Waals surface area contributed by atoms with E-state index in [9.17, 15) is 0 Å². The molecule has 0 aromatic rings. The third-order valence-corrected chi connectivity index (χ3v) is 5.45. The van der Waals surface area contributed by atoms with E-state index < -0.39 is 0 Å². The molecule has 0 aliphatic carbocycles. The Labute approximate surface area is 74.4 Å². The molecule has 0 aliphatic rings. The summed E-state index contributed by atoms with van der Waals surface area (Å²) in [5.41, 5.74) is 0. The van der Waals surface area contributed by atoms with Crippen molar-refractivity contribution in [1.29, 1.82) is 0 Å². The second kappa shape index (κ2) is 12.4. The number of unbranched alkanes of at least 4 members (excludes halogenated alkanes) is 2. The molecule has 0 nitrogen and oxygen atoms in total. The van der Waals surface area contributed by atoms with Gasteiger partial charge in [0, 0.05) is 0 Å². The van der Waals surface area contributed by atoms with Crippen LogP contribution in [0.3, 0.4) is 0 Å². The van der Waals surface area contributed by atoms with E-state index in [4.69, 9.17) is 0 Å². The van der Waals surface area contributed by atoms with Crippen LogP contribution in [0.1, 0.15) is 39.5 Å². The van der Waals surface area contributed by atoms with Gasteiger partial charge in [-0.05, 0) is 0 Å². The van der Waals surface area contributed by atoms with E-state index in [0.29, 0.717) is 0 Å². The van der Waals surface area contributed by atoms with Gasteiger partial charge >= 0.3 is 69.5 Å². The summed E-state index contributed by atoms with van der Waals surface area (Å²) in [6.07, 6.45) is 5.84. The molecule has 0 unspecified atom stereocenters. The van der Waals surface area contributed by atoms with Gasteiger partial charge in [0.25, 0.3) is 0 Å². The first-order chi connectivity index (χ1) is 4.41. The van der Waals surface area contributed by atoms with Crippen molar-refractivity contribution in [3.05, 3.63) is 0 Å². The van der Waals surface area contributed by atoms with Gasteiger partial charge in [0.05, 0.1) is 0 Å². The molecule has 0 aromatic heterocycles. The first-order valence-corrected chi connectivity index (χ1v) is 8.16. The maximum absolute atomic E-state index is 2.29. The topological polar surface area (TPSA) is 0 Å². The first kappa shape index (κ1) is 13.3. The molecule has 0 spiro atoms. The van der Waals surface area contributed by atoms with E-state index in [0.717, 1.165) is 0 Å². The molecule has 0 amide bonds. The quantitative estimate of drug-likeness (QED) is 0.503. The second-order valence-electron chi connectivity index (χ2n) is 2.46. The maximum atomic E-state index is 2.29.